The van der Waals surface area contributed by atoms with Gasteiger partial charge in [-0.05, 0) is 41.6 Å². The van der Waals surface area contributed by atoms with Crippen molar-refractivity contribution in [3.05, 3.63) is 101 Å². The summed E-state index contributed by atoms with van der Waals surface area (Å²) in [7, 11) is 0. The highest BCUT2D eigenvalue weighted by Crippen LogP contribution is 2.38. The van der Waals surface area contributed by atoms with Gasteiger partial charge in [-0.1, -0.05) is 72.3 Å². The summed E-state index contributed by atoms with van der Waals surface area (Å²) in [5, 5.41) is 8.71. The van der Waals surface area contributed by atoms with Gasteiger partial charge in [-0.25, -0.2) is 0 Å². The highest BCUT2D eigenvalue weighted by molar-refractivity contribution is 8.00. The molecular weight excluding hydrogens is 392 g/mol. The minimum Gasteiger partial charge on any atom is -0.411 e. The van der Waals surface area contributed by atoms with Crippen LogP contribution in [0, 0.1) is 0 Å². The van der Waals surface area contributed by atoms with Crippen LogP contribution in [0.5, 0.6) is 0 Å². The summed E-state index contributed by atoms with van der Waals surface area (Å²) >= 11 is 7.17. The van der Waals surface area contributed by atoms with Crippen LogP contribution < -0.4 is 0 Å². The molecule has 4 aromatic rings. The Morgan fingerprint density at radius 2 is 1.50 bits per heavy atom. The standard InChI is InChI=1S/C22H15ClN2O2S/c23-18-13-11-17(12-14-18)21-24-25-22(27-21)28-20(16-9-5-2-6-10-16)19(26)15-7-3-1-4-8-15/h1-14,20H/t20-/m0/s1. The molecule has 0 aliphatic rings. The predicted octanol–water partition coefficient (Wildman–Crippen LogP) is 6.11. The Labute approximate surface area is 171 Å². The van der Waals surface area contributed by atoms with Crippen LogP contribution in [0.3, 0.4) is 0 Å². The van der Waals surface area contributed by atoms with Gasteiger partial charge in [-0.15, -0.1) is 10.2 Å². The van der Waals surface area contributed by atoms with Gasteiger partial charge in [0.1, 0.15) is 5.25 Å². The van der Waals surface area contributed by atoms with Crippen molar-refractivity contribution in [3.63, 3.8) is 0 Å². The van der Waals surface area contributed by atoms with Crippen LogP contribution in [0.25, 0.3) is 11.5 Å². The highest BCUT2D eigenvalue weighted by atomic mass is 35.5. The summed E-state index contributed by atoms with van der Waals surface area (Å²) in [6.07, 6.45) is 0. The normalized spacial score (nSPS) is 11.9. The first-order valence-electron chi connectivity index (χ1n) is 8.61. The molecule has 0 amide bonds. The van der Waals surface area contributed by atoms with E-state index in [0.717, 1.165) is 11.1 Å². The highest BCUT2D eigenvalue weighted by Gasteiger charge is 2.26. The second-order valence-corrected chi connectivity index (χ2v) is 7.51. The second kappa shape index (κ2) is 8.42. The molecule has 0 aliphatic carbocycles. The lowest BCUT2D eigenvalue weighted by molar-refractivity contribution is 0.0989. The van der Waals surface area contributed by atoms with Gasteiger partial charge >= 0.3 is 0 Å². The molecule has 6 heteroatoms. The summed E-state index contributed by atoms with van der Waals surface area (Å²) in [4.78, 5) is 13.1. The monoisotopic (exact) mass is 406 g/mol. The molecule has 0 spiro atoms. The molecule has 0 saturated carbocycles. The van der Waals surface area contributed by atoms with Crippen LogP contribution >= 0.6 is 23.4 Å². The third kappa shape index (κ3) is 4.16. The Kier molecular flexibility index (Phi) is 5.55. The number of thioether (sulfide) groups is 1. The number of aromatic nitrogens is 2. The molecule has 0 saturated heterocycles. The van der Waals surface area contributed by atoms with Gasteiger partial charge in [-0.3, -0.25) is 4.79 Å². The van der Waals surface area contributed by atoms with E-state index in [1.807, 2.05) is 72.8 Å². The number of carbonyl (C=O) groups is 1. The quantitative estimate of drug-likeness (QED) is 0.286. The van der Waals surface area contributed by atoms with Crippen LogP contribution in [-0.4, -0.2) is 16.0 Å². The van der Waals surface area contributed by atoms with E-state index in [1.165, 1.54) is 11.8 Å². The summed E-state index contributed by atoms with van der Waals surface area (Å²) in [6, 6.07) is 26.0. The number of benzene rings is 3. The smallest absolute Gasteiger partial charge is 0.277 e. The van der Waals surface area contributed by atoms with Crippen LogP contribution in [-0.2, 0) is 0 Å². The molecular formula is C22H15ClN2O2S. The molecule has 138 valence electrons. The fourth-order valence-electron chi connectivity index (χ4n) is 2.72. The van der Waals surface area contributed by atoms with Crippen molar-refractivity contribution in [1.82, 2.24) is 10.2 Å². The van der Waals surface area contributed by atoms with Crippen molar-refractivity contribution in [1.29, 1.82) is 0 Å². The zero-order chi connectivity index (χ0) is 19.3. The number of hydrogen-bond donors (Lipinski definition) is 0. The predicted molar refractivity (Wildman–Crippen MR) is 111 cm³/mol. The fourth-order valence-corrected chi connectivity index (χ4v) is 3.80. The van der Waals surface area contributed by atoms with Crippen LogP contribution in [0.4, 0.5) is 0 Å². The summed E-state index contributed by atoms with van der Waals surface area (Å²) in [5.41, 5.74) is 2.29. The van der Waals surface area contributed by atoms with Gasteiger partial charge in [0.2, 0.25) is 5.89 Å². The van der Waals surface area contributed by atoms with E-state index in [4.69, 9.17) is 16.0 Å². The van der Waals surface area contributed by atoms with Crippen LogP contribution in [0.15, 0.2) is 94.6 Å². The lowest BCUT2D eigenvalue weighted by Gasteiger charge is -2.14. The average Bonchev–Trinajstić information content (AvgIpc) is 3.22. The molecule has 0 fully saturated rings. The fraction of sp³-hybridized carbons (Fsp3) is 0.0455. The first-order chi connectivity index (χ1) is 13.7. The van der Waals surface area contributed by atoms with Gasteiger partial charge in [0.25, 0.3) is 5.22 Å². The maximum absolute atomic E-state index is 13.1. The number of nitrogens with zero attached hydrogens (tertiary/aromatic N) is 2. The Bertz CT molecular complexity index is 1070. The number of ketones is 1. The maximum atomic E-state index is 13.1. The third-order valence-electron chi connectivity index (χ3n) is 4.12. The molecule has 0 radical (unpaired) electrons. The number of carbonyl (C=O) groups excluding carboxylic acids is 1. The van der Waals surface area contributed by atoms with Crippen molar-refractivity contribution >= 4 is 29.1 Å². The summed E-state index contributed by atoms with van der Waals surface area (Å²) in [5.74, 6) is 0.376. The molecule has 0 aliphatic heterocycles. The van der Waals surface area contributed by atoms with E-state index >= 15 is 0 Å². The van der Waals surface area contributed by atoms with Gasteiger partial charge in [0, 0.05) is 16.1 Å². The van der Waals surface area contributed by atoms with Crippen molar-refractivity contribution < 1.29 is 9.21 Å². The number of rotatable bonds is 6. The lowest BCUT2D eigenvalue weighted by atomic mass is 10.0. The van der Waals surface area contributed by atoms with Crippen LogP contribution in [0.1, 0.15) is 21.2 Å². The minimum atomic E-state index is -0.484. The van der Waals surface area contributed by atoms with Crippen LogP contribution in [0.2, 0.25) is 5.02 Å². The first kappa shape index (κ1) is 18.5. The zero-order valence-corrected chi connectivity index (χ0v) is 16.2. The number of hydrogen-bond acceptors (Lipinski definition) is 5. The largest absolute Gasteiger partial charge is 0.411 e. The second-order valence-electron chi connectivity index (χ2n) is 6.02. The van der Waals surface area contributed by atoms with Crippen molar-refractivity contribution in [2.45, 2.75) is 10.5 Å². The first-order valence-corrected chi connectivity index (χ1v) is 9.87. The van der Waals surface area contributed by atoms with Crippen molar-refractivity contribution in [3.8, 4) is 11.5 Å². The molecule has 4 nitrogen and oxygen atoms in total. The molecule has 0 bridgehead atoms. The molecule has 4 rings (SSSR count). The zero-order valence-electron chi connectivity index (χ0n) is 14.7. The van der Waals surface area contributed by atoms with Gasteiger partial charge in [0.05, 0.1) is 0 Å². The Balaban J connectivity index is 1.63. The van der Waals surface area contributed by atoms with E-state index in [1.54, 1.807) is 12.1 Å². The average molecular weight is 407 g/mol. The Morgan fingerprint density at radius 1 is 0.857 bits per heavy atom. The molecule has 1 atom stereocenters. The minimum absolute atomic E-state index is 0.0111. The molecule has 0 N–H and O–H groups in total. The third-order valence-corrected chi connectivity index (χ3v) is 5.46. The van der Waals surface area contributed by atoms with Crippen molar-refractivity contribution in [2.75, 3.05) is 0 Å². The Morgan fingerprint density at radius 3 is 2.18 bits per heavy atom. The molecule has 1 aromatic heterocycles. The molecule has 0 unspecified atom stereocenters. The van der Waals surface area contributed by atoms with E-state index in [2.05, 4.69) is 10.2 Å². The van der Waals surface area contributed by atoms with Gasteiger partial charge in [-0.2, -0.15) is 0 Å². The van der Waals surface area contributed by atoms with E-state index in [-0.39, 0.29) is 5.78 Å². The van der Waals surface area contributed by atoms with Gasteiger partial charge in [0.15, 0.2) is 5.78 Å². The maximum Gasteiger partial charge on any atom is 0.277 e. The van der Waals surface area contributed by atoms with E-state index in [9.17, 15) is 4.79 Å². The van der Waals surface area contributed by atoms with E-state index < -0.39 is 5.25 Å². The molecule has 28 heavy (non-hydrogen) atoms. The SMILES string of the molecule is O=C(c1ccccc1)[C@@H](Sc1nnc(-c2ccc(Cl)cc2)o1)c1ccccc1. The van der Waals surface area contributed by atoms with Gasteiger partial charge < -0.3 is 4.42 Å². The number of halogens is 1. The summed E-state index contributed by atoms with van der Waals surface area (Å²) in [6.45, 7) is 0. The summed E-state index contributed by atoms with van der Waals surface area (Å²) < 4.78 is 5.79. The number of Topliss-reactive ketones (excluding diaryl/α,β-unsaturated/α-hetero) is 1. The lowest BCUT2D eigenvalue weighted by Crippen LogP contribution is -2.10. The Hall–Kier alpha value is -2.89. The topological polar surface area (TPSA) is 56.0 Å². The van der Waals surface area contributed by atoms with Crippen molar-refractivity contribution in [2.24, 2.45) is 0 Å². The molecule has 3 aromatic carbocycles. The van der Waals surface area contributed by atoms with E-state index in [0.29, 0.717) is 21.7 Å². The molecule has 1 heterocycles.